The number of aromatic amines is 1. The minimum absolute atomic E-state index is 0.0494. The van der Waals surface area contributed by atoms with Gasteiger partial charge in [-0.2, -0.15) is 0 Å². The van der Waals surface area contributed by atoms with Crippen molar-refractivity contribution < 1.29 is 9.59 Å². The molecule has 162 valence electrons. The number of benzene rings is 1. The summed E-state index contributed by atoms with van der Waals surface area (Å²) in [5, 5.41) is 9.39. The van der Waals surface area contributed by atoms with Crippen LogP contribution in [-0.4, -0.2) is 42.1 Å². The number of aryl methyl sites for hydroxylation is 1. The number of thioether (sulfide) groups is 1. The molecular weight excluding hydrogens is 422 g/mol. The van der Waals surface area contributed by atoms with E-state index in [2.05, 4.69) is 20.2 Å². The predicted octanol–water partition coefficient (Wildman–Crippen LogP) is 4.51. The van der Waals surface area contributed by atoms with Crippen LogP contribution in [0.15, 0.2) is 60.0 Å². The number of rotatable bonds is 8. The van der Waals surface area contributed by atoms with Crippen LogP contribution in [0, 0.1) is 13.8 Å². The average Bonchev–Trinajstić information content (AvgIpc) is 3.33. The van der Waals surface area contributed by atoms with E-state index in [-0.39, 0.29) is 17.3 Å². The Hall–Kier alpha value is -3.52. The molecule has 0 spiro atoms. The lowest BCUT2D eigenvalue weighted by atomic mass is 10.1. The maximum Gasteiger partial charge on any atom is 0.192 e. The van der Waals surface area contributed by atoms with Crippen LogP contribution in [0.4, 0.5) is 0 Å². The van der Waals surface area contributed by atoms with Gasteiger partial charge >= 0.3 is 0 Å². The van der Waals surface area contributed by atoms with Gasteiger partial charge in [-0.25, -0.2) is 0 Å². The zero-order valence-electron chi connectivity index (χ0n) is 18.1. The lowest BCUT2D eigenvalue weighted by Crippen LogP contribution is -2.08. The number of carbonyl (C=O) groups excluding carboxylic acids is 2. The molecule has 0 unspecified atom stereocenters. The second kappa shape index (κ2) is 9.32. The van der Waals surface area contributed by atoms with E-state index in [9.17, 15) is 9.59 Å². The van der Waals surface area contributed by atoms with Crippen molar-refractivity contribution >= 4 is 23.3 Å². The van der Waals surface area contributed by atoms with Crippen LogP contribution in [0.2, 0.25) is 0 Å². The molecule has 8 heteroatoms. The Balaban J connectivity index is 1.61. The number of Topliss-reactive ketones (excluding diaryl/α,β-unsaturated/α-hetero) is 2. The van der Waals surface area contributed by atoms with Gasteiger partial charge in [0.25, 0.3) is 0 Å². The summed E-state index contributed by atoms with van der Waals surface area (Å²) in [5.74, 6) is 0.743. The number of hydrogen-bond acceptors (Lipinski definition) is 6. The molecule has 0 radical (unpaired) electrons. The molecular formula is C24H23N5O2S. The van der Waals surface area contributed by atoms with Gasteiger partial charge in [0.15, 0.2) is 22.5 Å². The van der Waals surface area contributed by atoms with E-state index in [1.54, 1.807) is 19.3 Å². The zero-order valence-corrected chi connectivity index (χ0v) is 18.9. The van der Waals surface area contributed by atoms with Gasteiger partial charge in [0.2, 0.25) is 0 Å². The van der Waals surface area contributed by atoms with Crippen molar-refractivity contribution in [3.05, 3.63) is 82.9 Å². The highest BCUT2D eigenvalue weighted by Crippen LogP contribution is 2.26. The largest absolute Gasteiger partial charge is 0.355 e. The second-order valence-electron chi connectivity index (χ2n) is 7.51. The summed E-state index contributed by atoms with van der Waals surface area (Å²) in [6, 6.07) is 13.8. The van der Waals surface area contributed by atoms with E-state index in [4.69, 9.17) is 0 Å². The van der Waals surface area contributed by atoms with Crippen LogP contribution >= 0.6 is 11.8 Å². The van der Waals surface area contributed by atoms with Crippen molar-refractivity contribution in [2.75, 3.05) is 5.75 Å². The fraction of sp³-hybridized carbons (Fsp3) is 0.208. The number of pyridine rings is 1. The lowest BCUT2D eigenvalue weighted by molar-refractivity contribution is 0.101. The van der Waals surface area contributed by atoms with Gasteiger partial charge in [-0.05, 0) is 44.0 Å². The molecule has 0 saturated carbocycles. The van der Waals surface area contributed by atoms with E-state index in [1.807, 2.05) is 54.0 Å². The third-order valence-electron chi connectivity index (χ3n) is 5.22. The highest BCUT2D eigenvalue weighted by molar-refractivity contribution is 7.99. The molecule has 4 rings (SSSR count). The highest BCUT2D eigenvalue weighted by Gasteiger charge is 2.21. The lowest BCUT2D eigenvalue weighted by Gasteiger charge is -2.10. The quantitative estimate of drug-likeness (QED) is 0.317. The Morgan fingerprint density at radius 1 is 1.06 bits per heavy atom. The summed E-state index contributed by atoms with van der Waals surface area (Å²) in [5.41, 5.74) is 4.44. The van der Waals surface area contributed by atoms with E-state index in [0.29, 0.717) is 34.3 Å². The first-order chi connectivity index (χ1) is 15.5. The Labute approximate surface area is 190 Å². The molecule has 7 nitrogen and oxygen atoms in total. The third kappa shape index (κ3) is 4.40. The van der Waals surface area contributed by atoms with Crippen LogP contribution in [-0.2, 0) is 6.54 Å². The highest BCUT2D eigenvalue weighted by atomic mass is 32.2. The van der Waals surface area contributed by atoms with Crippen molar-refractivity contribution in [2.45, 2.75) is 32.5 Å². The van der Waals surface area contributed by atoms with E-state index >= 15 is 0 Å². The maximum absolute atomic E-state index is 12.9. The SMILES string of the molecule is CC(=O)c1c(C)[nH]c(C(=O)CSc2nnc(-c3cccnc3)n2Cc2ccccc2)c1C. The van der Waals surface area contributed by atoms with Gasteiger partial charge in [-0.3, -0.25) is 19.1 Å². The number of ketones is 2. The molecule has 32 heavy (non-hydrogen) atoms. The number of carbonyl (C=O) groups is 2. The molecule has 1 N–H and O–H groups in total. The fourth-order valence-electron chi connectivity index (χ4n) is 3.77. The van der Waals surface area contributed by atoms with Crippen LogP contribution < -0.4 is 0 Å². The molecule has 1 aromatic carbocycles. The smallest absolute Gasteiger partial charge is 0.192 e. The van der Waals surface area contributed by atoms with Crippen molar-refractivity contribution in [3.8, 4) is 11.4 Å². The van der Waals surface area contributed by atoms with Crippen LogP contribution in [0.1, 0.15) is 44.6 Å². The Morgan fingerprint density at radius 3 is 2.50 bits per heavy atom. The van der Waals surface area contributed by atoms with Gasteiger partial charge in [-0.1, -0.05) is 42.1 Å². The summed E-state index contributed by atoms with van der Waals surface area (Å²) in [6.45, 7) is 5.70. The van der Waals surface area contributed by atoms with Gasteiger partial charge in [0, 0.05) is 29.2 Å². The molecule has 3 heterocycles. The summed E-state index contributed by atoms with van der Waals surface area (Å²) in [6.07, 6.45) is 3.46. The molecule has 0 aliphatic carbocycles. The van der Waals surface area contributed by atoms with Gasteiger partial charge in [0.1, 0.15) is 0 Å². The Bertz CT molecular complexity index is 1260. The monoisotopic (exact) mass is 445 g/mol. The zero-order chi connectivity index (χ0) is 22.7. The van der Waals surface area contributed by atoms with Crippen LogP contribution in [0.5, 0.6) is 0 Å². The van der Waals surface area contributed by atoms with Gasteiger partial charge < -0.3 is 4.98 Å². The number of aromatic nitrogens is 5. The first-order valence-corrected chi connectivity index (χ1v) is 11.2. The number of H-pyrrole nitrogens is 1. The number of nitrogens with zero attached hydrogens (tertiary/aromatic N) is 4. The van der Waals surface area contributed by atoms with E-state index in [1.165, 1.54) is 18.7 Å². The first-order valence-electron chi connectivity index (χ1n) is 10.2. The van der Waals surface area contributed by atoms with Gasteiger partial charge in [0.05, 0.1) is 18.0 Å². The van der Waals surface area contributed by atoms with Crippen molar-refractivity contribution in [3.63, 3.8) is 0 Å². The standard InChI is InChI=1S/C24H23N5O2S/c1-15-21(17(3)30)16(2)26-22(15)20(31)14-32-24-28-27-23(19-10-7-11-25-12-19)29(24)13-18-8-5-4-6-9-18/h4-12,26H,13-14H2,1-3H3. The summed E-state index contributed by atoms with van der Waals surface area (Å²) in [7, 11) is 0. The third-order valence-corrected chi connectivity index (χ3v) is 6.19. The predicted molar refractivity (Wildman–Crippen MR) is 124 cm³/mol. The molecule has 0 fully saturated rings. The Kier molecular flexibility index (Phi) is 6.32. The minimum atomic E-state index is -0.0831. The Morgan fingerprint density at radius 2 is 1.84 bits per heavy atom. The normalized spacial score (nSPS) is 11.0. The number of nitrogens with one attached hydrogen (secondary N) is 1. The van der Waals surface area contributed by atoms with Crippen LogP contribution in [0.25, 0.3) is 11.4 Å². The molecule has 0 amide bonds. The molecule has 0 saturated heterocycles. The first kappa shape index (κ1) is 21.7. The van der Waals surface area contributed by atoms with E-state index in [0.717, 1.165) is 16.8 Å². The minimum Gasteiger partial charge on any atom is -0.355 e. The summed E-state index contributed by atoms with van der Waals surface area (Å²) in [4.78, 5) is 32.1. The molecule has 0 bridgehead atoms. The van der Waals surface area contributed by atoms with Crippen molar-refractivity contribution in [2.24, 2.45) is 0 Å². The molecule has 3 aromatic heterocycles. The van der Waals surface area contributed by atoms with Crippen LogP contribution in [0.3, 0.4) is 0 Å². The summed E-state index contributed by atoms with van der Waals surface area (Å²) < 4.78 is 2.00. The average molecular weight is 446 g/mol. The maximum atomic E-state index is 12.9. The molecule has 0 aliphatic rings. The van der Waals surface area contributed by atoms with Crippen molar-refractivity contribution in [1.29, 1.82) is 0 Å². The molecule has 4 aromatic rings. The summed E-state index contributed by atoms with van der Waals surface area (Å²) >= 11 is 1.33. The van der Waals surface area contributed by atoms with Crippen molar-refractivity contribution in [1.82, 2.24) is 24.7 Å². The molecule has 0 aliphatic heterocycles. The fourth-order valence-corrected chi connectivity index (χ4v) is 4.58. The molecule has 0 atom stereocenters. The van der Waals surface area contributed by atoms with Gasteiger partial charge in [-0.15, -0.1) is 10.2 Å². The number of hydrogen-bond donors (Lipinski definition) is 1. The second-order valence-corrected chi connectivity index (χ2v) is 8.46. The van der Waals surface area contributed by atoms with E-state index < -0.39 is 0 Å². The topological polar surface area (TPSA) is 93.5 Å².